The molecule has 8 heteroatoms. The van der Waals surface area contributed by atoms with E-state index in [1.165, 1.54) is 0 Å². The van der Waals surface area contributed by atoms with Gasteiger partial charge in [-0.05, 0) is 42.8 Å². The van der Waals surface area contributed by atoms with Crippen LogP contribution in [-0.4, -0.2) is 39.1 Å². The van der Waals surface area contributed by atoms with Crippen molar-refractivity contribution in [2.24, 2.45) is 4.99 Å². The first kappa shape index (κ1) is 24.2. The van der Waals surface area contributed by atoms with Gasteiger partial charge in [0.15, 0.2) is 5.96 Å². The van der Waals surface area contributed by atoms with E-state index >= 15 is 0 Å². The molecule has 2 rings (SSSR count). The summed E-state index contributed by atoms with van der Waals surface area (Å²) in [5.74, 6) is 1.41. The number of guanidine groups is 1. The maximum absolute atomic E-state index is 12.1. The van der Waals surface area contributed by atoms with E-state index in [9.17, 15) is 4.79 Å². The van der Waals surface area contributed by atoms with Crippen molar-refractivity contribution in [3.63, 3.8) is 0 Å². The fourth-order valence-electron chi connectivity index (χ4n) is 2.46. The molecule has 0 spiro atoms. The molecule has 0 fully saturated rings. The minimum absolute atomic E-state index is 0. The van der Waals surface area contributed by atoms with E-state index in [0.29, 0.717) is 31.2 Å². The molecule has 28 heavy (non-hydrogen) atoms. The van der Waals surface area contributed by atoms with Crippen molar-refractivity contribution in [3.05, 3.63) is 63.6 Å². The largest absolute Gasteiger partial charge is 0.496 e. The van der Waals surface area contributed by atoms with Gasteiger partial charge in [-0.3, -0.25) is 9.79 Å². The third-order valence-electron chi connectivity index (χ3n) is 3.92. The van der Waals surface area contributed by atoms with Gasteiger partial charge in [0.1, 0.15) is 5.75 Å². The number of hydrogen-bond donors (Lipinski definition) is 3. The third kappa shape index (κ3) is 7.67. The molecular formula is C20H26BrIN4O2. The number of methoxy groups -OCH3 is 1. The molecule has 0 saturated carbocycles. The summed E-state index contributed by atoms with van der Waals surface area (Å²) in [6.45, 7) is 3.67. The molecular weight excluding hydrogens is 535 g/mol. The van der Waals surface area contributed by atoms with Crippen LogP contribution < -0.4 is 20.7 Å². The maximum Gasteiger partial charge on any atom is 0.251 e. The zero-order chi connectivity index (χ0) is 19.6. The Hall–Kier alpha value is -1.81. The first-order valence-corrected chi connectivity index (χ1v) is 9.44. The van der Waals surface area contributed by atoms with Gasteiger partial charge < -0.3 is 20.7 Å². The smallest absolute Gasteiger partial charge is 0.251 e. The van der Waals surface area contributed by atoms with E-state index in [-0.39, 0.29) is 29.9 Å². The van der Waals surface area contributed by atoms with Crippen LogP contribution in [0.25, 0.3) is 0 Å². The highest BCUT2D eigenvalue weighted by Crippen LogP contribution is 2.19. The van der Waals surface area contributed by atoms with Gasteiger partial charge in [-0.25, -0.2) is 0 Å². The van der Waals surface area contributed by atoms with Crippen LogP contribution in [0, 0.1) is 6.92 Å². The van der Waals surface area contributed by atoms with Crippen molar-refractivity contribution < 1.29 is 9.53 Å². The molecule has 0 aliphatic heterocycles. The van der Waals surface area contributed by atoms with Crippen LogP contribution >= 0.6 is 39.9 Å². The second-order valence-corrected chi connectivity index (χ2v) is 6.85. The number of amides is 1. The van der Waals surface area contributed by atoms with Crippen molar-refractivity contribution in [3.8, 4) is 5.75 Å². The van der Waals surface area contributed by atoms with Crippen LogP contribution in [0.15, 0.2) is 51.9 Å². The fourth-order valence-corrected chi connectivity index (χ4v) is 2.72. The molecule has 0 radical (unpaired) electrons. The average Bonchev–Trinajstić information content (AvgIpc) is 2.68. The Bertz CT molecular complexity index is 797. The van der Waals surface area contributed by atoms with Crippen LogP contribution in [0.4, 0.5) is 0 Å². The molecule has 0 heterocycles. The second kappa shape index (κ2) is 12.6. The lowest BCUT2D eigenvalue weighted by Crippen LogP contribution is -2.41. The number of halogens is 2. The van der Waals surface area contributed by atoms with Crippen LogP contribution in [0.3, 0.4) is 0 Å². The van der Waals surface area contributed by atoms with Crippen molar-refractivity contribution in [1.82, 2.24) is 16.0 Å². The Labute approximate surface area is 191 Å². The van der Waals surface area contributed by atoms with Crippen molar-refractivity contribution in [2.75, 3.05) is 27.2 Å². The summed E-state index contributed by atoms with van der Waals surface area (Å²) in [4.78, 5) is 16.3. The van der Waals surface area contributed by atoms with E-state index in [1.54, 1.807) is 26.3 Å². The van der Waals surface area contributed by atoms with E-state index < -0.39 is 0 Å². The minimum Gasteiger partial charge on any atom is -0.496 e. The molecule has 2 aromatic rings. The highest BCUT2D eigenvalue weighted by atomic mass is 127. The quantitative estimate of drug-likeness (QED) is 0.210. The van der Waals surface area contributed by atoms with Gasteiger partial charge in [-0.1, -0.05) is 28.1 Å². The van der Waals surface area contributed by atoms with Gasteiger partial charge in [0.05, 0.1) is 7.11 Å². The molecule has 3 N–H and O–H groups in total. The topological polar surface area (TPSA) is 74.8 Å². The summed E-state index contributed by atoms with van der Waals surface area (Å²) in [5, 5.41) is 9.30. The van der Waals surface area contributed by atoms with Crippen molar-refractivity contribution >= 4 is 51.8 Å². The monoisotopic (exact) mass is 560 g/mol. The second-order valence-electron chi connectivity index (χ2n) is 5.93. The lowest BCUT2D eigenvalue weighted by molar-refractivity contribution is 0.0954. The normalized spacial score (nSPS) is 10.6. The third-order valence-corrected chi connectivity index (χ3v) is 4.45. The maximum atomic E-state index is 12.1. The number of nitrogens with zero attached hydrogens (tertiary/aromatic N) is 1. The molecule has 0 aliphatic rings. The fraction of sp³-hybridized carbons (Fsp3) is 0.300. The van der Waals surface area contributed by atoms with Gasteiger partial charge in [-0.2, -0.15) is 0 Å². The zero-order valence-electron chi connectivity index (χ0n) is 16.2. The zero-order valence-corrected chi connectivity index (χ0v) is 20.1. The van der Waals surface area contributed by atoms with Gasteiger partial charge in [0, 0.05) is 42.3 Å². The SMILES string of the molecule is CN=C(NCCNC(=O)c1ccc(Br)cc1)NCc1ccc(C)cc1OC.I. The summed E-state index contributed by atoms with van der Waals surface area (Å²) < 4.78 is 6.36. The summed E-state index contributed by atoms with van der Waals surface area (Å²) >= 11 is 3.36. The highest BCUT2D eigenvalue weighted by molar-refractivity contribution is 14.0. The number of carbonyl (C=O) groups is 1. The molecule has 6 nitrogen and oxygen atoms in total. The Balaban J connectivity index is 0.00000392. The molecule has 2 aromatic carbocycles. The summed E-state index contributed by atoms with van der Waals surface area (Å²) in [6.07, 6.45) is 0. The number of rotatable bonds is 7. The standard InChI is InChI=1S/C20H25BrN4O2.HI/c1-14-4-5-16(18(12-14)27-3)13-25-20(22-2)24-11-10-23-19(26)15-6-8-17(21)9-7-15;/h4-9,12H,10-11,13H2,1-3H3,(H,23,26)(H2,22,24,25);1H. The summed E-state index contributed by atoms with van der Waals surface area (Å²) in [7, 11) is 3.38. The lowest BCUT2D eigenvalue weighted by Gasteiger charge is -2.14. The number of benzene rings is 2. The lowest BCUT2D eigenvalue weighted by atomic mass is 10.1. The van der Waals surface area contributed by atoms with E-state index in [4.69, 9.17) is 4.74 Å². The Morgan fingerprint density at radius 2 is 1.75 bits per heavy atom. The van der Waals surface area contributed by atoms with Gasteiger partial charge in [-0.15, -0.1) is 24.0 Å². The first-order chi connectivity index (χ1) is 13.0. The number of aryl methyl sites for hydroxylation is 1. The summed E-state index contributed by atoms with van der Waals surface area (Å²) in [6, 6.07) is 13.3. The average molecular weight is 561 g/mol. The molecule has 0 aromatic heterocycles. The van der Waals surface area contributed by atoms with Crippen molar-refractivity contribution in [1.29, 1.82) is 0 Å². The number of aliphatic imine (C=N–C) groups is 1. The molecule has 0 aliphatic carbocycles. The predicted molar refractivity (Wildman–Crippen MR) is 128 cm³/mol. The number of nitrogens with one attached hydrogen (secondary N) is 3. The van der Waals surface area contributed by atoms with E-state index in [0.717, 1.165) is 21.3 Å². The van der Waals surface area contributed by atoms with Crippen LogP contribution in [0.5, 0.6) is 5.75 Å². The number of carbonyl (C=O) groups excluding carboxylic acids is 1. The van der Waals surface area contributed by atoms with Crippen molar-refractivity contribution in [2.45, 2.75) is 13.5 Å². The minimum atomic E-state index is -0.100. The van der Waals surface area contributed by atoms with Crippen LogP contribution in [-0.2, 0) is 6.54 Å². The first-order valence-electron chi connectivity index (χ1n) is 8.65. The molecule has 0 atom stereocenters. The Morgan fingerprint density at radius 1 is 1.07 bits per heavy atom. The molecule has 0 unspecified atom stereocenters. The Kier molecular flexibility index (Phi) is 10.9. The molecule has 152 valence electrons. The van der Waals surface area contributed by atoms with Gasteiger partial charge in [0.2, 0.25) is 0 Å². The summed E-state index contributed by atoms with van der Waals surface area (Å²) in [5.41, 5.74) is 2.83. The van der Waals surface area contributed by atoms with Crippen LogP contribution in [0.2, 0.25) is 0 Å². The van der Waals surface area contributed by atoms with Crippen LogP contribution in [0.1, 0.15) is 21.5 Å². The van der Waals surface area contributed by atoms with Gasteiger partial charge in [0.25, 0.3) is 5.91 Å². The van der Waals surface area contributed by atoms with E-state index in [1.807, 2.05) is 37.3 Å². The molecule has 0 saturated heterocycles. The van der Waals surface area contributed by atoms with E-state index in [2.05, 4.69) is 36.9 Å². The highest BCUT2D eigenvalue weighted by Gasteiger charge is 2.06. The molecule has 0 bridgehead atoms. The molecule has 1 amide bonds. The van der Waals surface area contributed by atoms with Gasteiger partial charge >= 0.3 is 0 Å². The predicted octanol–water partition coefficient (Wildman–Crippen LogP) is 3.48. The Morgan fingerprint density at radius 3 is 2.39 bits per heavy atom. The number of ether oxygens (including phenoxy) is 1. The number of hydrogen-bond acceptors (Lipinski definition) is 3.